The van der Waals surface area contributed by atoms with Gasteiger partial charge in [0.15, 0.2) is 11.5 Å². The first kappa shape index (κ1) is 12.8. The van der Waals surface area contributed by atoms with Crippen molar-refractivity contribution in [3.8, 4) is 11.5 Å². The van der Waals surface area contributed by atoms with E-state index in [1.165, 1.54) is 0 Å². The van der Waals surface area contributed by atoms with Gasteiger partial charge in [-0.3, -0.25) is 0 Å². The molecule has 5 nitrogen and oxygen atoms in total. The summed E-state index contributed by atoms with van der Waals surface area (Å²) in [5, 5.41) is 3.40. The molecule has 1 aromatic carbocycles. The molecule has 0 unspecified atom stereocenters. The lowest BCUT2D eigenvalue weighted by Crippen LogP contribution is -2.15. The third kappa shape index (κ3) is 2.57. The first-order valence-corrected chi connectivity index (χ1v) is 6.88. The number of rotatable bonds is 4. The van der Waals surface area contributed by atoms with Crippen molar-refractivity contribution >= 4 is 5.69 Å². The standard InChI is InChI=1S/C15H19N3O2/c1-11(2)18-10-16-8-13(18)9-17-12-3-4-14-15(7-12)20-6-5-19-14/h3-4,7-8,10-11,17H,5-6,9H2,1-2H3. The summed E-state index contributed by atoms with van der Waals surface area (Å²) in [7, 11) is 0. The Labute approximate surface area is 118 Å². The van der Waals surface area contributed by atoms with E-state index >= 15 is 0 Å². The fourth-order valence-corrected chi connectivity index (χ4v) is 2.28. The van der Waals surface area contributed by atoms with Gasteiger partial charge >= 0.3 is 0 Å². The van der Waals surface area contributed by atoms with Gasteiger partial charge < -0.3 is 19.4 Å². The van der Waals surface area contributed by atoms with Gasteiger partial charge in [0.1, 0.15) is 13.2 Å². The van der Waals surface area contributed by atoms with Crippen molar-refractivity contribution in [2.45, 2.75) is 26.4 Å². The molecule has 20 heavy (non-hydrogen) atoms. The molecule has 1 N–H and O–H groups in total. The van der Waals surface area contributed by atoms with Gasteiger partial charge in [0.25, 0.3) is 0 Å². The van der Waals surface area contributed by atoms with Crippen LogP contribution in [0, 0.1) is 0 Å². The molecule has 2 heterocycles. The van der Waals surface area contributed by atoms with Crippen LogP contribution in [0.2, 0.25) is 0 Å². The molecule has 0 radical (unpaired) electrons. The highest BCUT2D eigenvalue weighted by molar-refractivity contribution is 5.55. The molecule has 0 aliphatic carbocycles. The molecule has 5 heteroatoms. The highest BCUT2D eigenvalue weighted by atomic mass is 16.6. The summed E-state index contributed by atoms with van der Waals surface area (Å²) in [6.45, 7) is 6.26. The fourth-order valence-electron chi connectivity index (χ4n) is 2.28. The highest BCUT2D eigenvalue weighted by Crippen LogP contribution is 2.32. The SMILES string of the molecule is CC(C)n1cncc1CNc1ccc2c(c1)OCCO2. The molecule has 3 rings (SSSR count). The molecule has 2 aromatic rings. The van der Waals surface area contributed by atoms with Gasteiger partial charge in [0.2, 0.25) is 0 Å². The van der Waals surface area contributed by atoms with E-state index in [2.05, 4.69) is 28.7 Å². The van der Waals surface area contributed by atoms with Crippen molar-refractivity contribution in [3.63, 3.8) is 0 Å². The van der Waals surface area contributed by atoms with Crippen LogP contribution in [-0.4, -0.2) is 22.8 Å². The Morgan fingerprint density at radius 2 is 2.05 bits per heavy atom. The van der Waals surface area contributed by atoms with Crippen LogP contribution in [0.1, 0.15) is 25.6 Å². The summed E-state index contributed by atoms with van der Waals surface area (Å²) in [6, 6.07) is 6.33. The maximum absolute atomic E-state index is 5.58. The van der Waals surface area contributed by atoms with Gasteiger partial charge in [-0.15, -0.1) is 0 Å². The van der Waals surface area contributed by atoms with Crippen molar-refractivity contribution in [2.24, 2.45) is 0 Å². The van der Waals surface area contributed by atoms with Crippen molar-refractivity contribution in [3.05, 3.63) is 36.4 Å². The topological polar surface area (TPSA) is 48.3 Å². The van der Waals surface area contributed by atoms with Crippen LogP contribution in [0.25, 0.3) is 0 Å². The van der Waals surface area contributed by atoms with Gasteiger partial charge in [-0.2, -0.15) is 0 Å². The zero-order valence-corrected chi connectivity index (χ0v) is 11.8. The van der Waals surface area contributed by atoms with Crippen molar-refractivity contribution in [2.75, 3.05) is 18.5 Å². The van der Waals surface area contributed by atoms with E-state index in [1.807, 2.05) is 30.7 Å². The largest absolute Gasteiger partial charge is 0.486 e. The van der Waals surface area contributed by atoms with Gasteiger partial charge in [0.05, 0.1) is 18.6 Å². The van der Waals surface area contributed by atoms with E-state index in [9.17, 15) is 0 Å². The number of nitrogens with one attached hydrogen (secondary N) is 1. The molecule has 0 fully saturated rings. The Kier molecular flexibility index (Phi) is 3.50. The lowest BCUT2D eigenvalue weighted by Gasteiger charge is -2.19. The summed E-state index contributed by atoms with van der Waals surface area (Å²) in [4.78, 5) is 4.20. The Morgan fingerprint density at radius 3 is 2.85 bits per heavy atom. The van der Waals surface area contributed by atoms with E-state index in [1.54, 1.807) is 0 Å². The number of benzene rings is 1. The Bertz CT molecular complexity index is 593. The number of nitrogens with zero attached hydrogens (tertiary/aromatic N) is 2. The Hall–Kier alpha value is -2.17. The second-order valence-corrected chi connectivity index (χ2v) is 5.10. The monoisotopic (exact) mass is 273 g/mol. The molecular weight excluding hydrogens is 254 g/mol. The molecule has 1 aliphatic heterocycles. The summed E-state index contributed by atoms with van der Waals surface area (Å²) in [5.41, 5.74) is 2.18. The van der Waals surface area contributed by atoms with Crippen LogP contribution in [0.15, 0.2) is 30.7 Å². The number of anilines is 1. The summed E-state index contributed by atoms with van der Waals surface area (Å²) < 4.78 is 13.3. The van der Waals surface area contributed by atoms with Crippen molar-refractivity contribution < 1.29 is 9.47 Å². The molecule has 0 spiro atoms. The number of imidazole rings is 1. The van der Waals surface area contributed by atoms with Crippen LogP contribution in [0.5, 0.6) is 11.5 Å². The summed E-state index contributed by atoms with van der Waals surface area (Å²) in [6.07, 6.45) is 3.76. The van der Waals surface area contributed by atoms with E-state index in [0.29, 0.717) is 19.3 Å². The number of hydrogen-bond acceptors (Lipinski definition) is 4. The molecule has 0 bridgehead atoms. The quantitative estimate of drug-likeness (QED) is 0.930. The molecular formula is C15H19N3O2. The second kappa shape index (κ2) is 5.45. The molecule has 0 saturated carbocycles. The summed E-state index contributed by atoms with van der Waals surface area (Å²) in [5.74, 6) is 1.62. The van der Waals surface area contributed by atoms with E-state index < -0.39 is 0 Å². The van der Waals surface area contributed by atoms with Crippen LogP contribution in [-0.2, 0) is 6.54 Å². The van der Waals surface area contributed by atoms with Gasteiger partial charge in [-0.05, 0) is 26.0 Å². The molecule has 1 aromatic heterocycles. The zero-order valence-electron chi connectivity index (χ0n) is 11.8. The molecule has 106 valence electrons. The minimum absolute atomic E-state index is 0.412. The van der Waals surface area contributed by atoms with Gasteiger partial charge in [-0.25, -0.2) is 4.98 Å². The lowest BCUT2D eigenvalue weighted by molar-refractivity contribution is 0.171. The third-order valence-electron chi connectivity index (χ3n) is 3.32. The van der Waals surface area contributed by atoms with Crippen LogP contribution in [0.3, 0.4) is 0 Å². The maximum atomic E-state index is 5.58. The smallest absolute Gasteiger partial charge is 0.163 e. The lowest BCUT2D eigenvalue weighted by atomic mass is 10.2. The maximum Gasteiger partial charge on any atom is 0.163 e. The van der Waals surface area contributed by atoms with Crippen molar-refractivity contribution in [1.29, 1.82) is 0 Å². The van der Waals surface area contributed by atoms with Crippen molar-refractivity contribution in [1.82, 2.24) is 9.55 Å². The summed E-state index contributed by atoms with van der Waals surface area (Å²) >= 11 is 0. The average molecular weight is 273 g/mol. The second-order valence-electron chi connectivity index (χ2n) is 5.10. The minimum atomic E-state index is 0.412. The van der Waals surface area contributed by atoms with E-state index in [-0.39, 0.29) is 0 Å². The molecule has 0 atom stereocenters. The first-order chi connectivity index (χ1) is 9.74. The number of fused-ring (bicyclic) bond motifs is 1. The third-order valence-corrected chi connectivity index (χ3v) is 3.32. The van der Waals surface area contributed by atoms with Gasteiger partial charge in [-0.1, -0.05) is 0 Å². The van der Waals surface area contributed by atoms with E-state index in [0.717, 1.165) is 29.4 Å². The number of aromatic nitrogens is 2. The average Bonchev–Trinajstić information content (AvgIpc) is 2.93. The molecule has 1 aliphatic rings. The van der Waals surface area contributed by atoms with Crippen LogP contribution in [0.4, 0.5) is 5.69 Å². The highest BCUT2D eigenvalue weighted by Gasteiger charge is 2.12. The van der Waals surface area contributed by atoms with Crippen LogP contribution >= 0.6 is 0 Å². The molecule has 0 saturated heterocycles. The van der Waals surface area contributed by atoms with E-state index in [4.69, 9.17) is 9.47 Å². The Balaban J connectivity index is 1.70. The van der Waals surface area contributed by atoms with Crippen LogP contribution < -0.4 is 14.8 Å². The minimum Gasteiger partial charge on any atom is -0.486 e. The Morgan fingerprint density at radius 1 is 1.25 bits per heavy atom. The zero-order chi connectivity index (χ0) is 13.9. The first-order valence-electron chi connectivity index (χ1n) is 6.88. The van der Waals surface area contributed by atoms with Gasteiger partial charge in [0, 0.05) is 24.0 Å². The molecule has 0 amide bonds. The predicted molar refractivity (Wildman–Crippen MR) is 77.4 cm³/mol. The number of hydrogen-bond donors (Lipinski definition) is 1. The predicted octanol–water partition coefficient (Wildman–Crippen LogP) is 2.85. The number of ether oxygens (including phenoxy) is 2. The normalized spacial score (nSPS) is 13.6. The fraction of sp³-hybridized carbons (Fsp3) is 0.400.